The second kappa shape index (κ2) is 12.4. The monoisotopic (exact) mass is 540 g/mol. The summed E-state index contributed by atoms with van der Waals surface area (Å²) in [4.78, 5) is 7.75. The van der Waals surface area contributed by atoms with E-state index in [2.05, 4.69) is 82.7 Å². The number of halogens is 1. The van der Waals surface area contributed by atoms with E-state index in [0.29, 0.717) is 0 Å². The molecule has 0 radical (unpaired) electrons. The molecule has 0 saturated carbocycles. The number of H-pyrrole nitrogens is 2. The van der Waals surface area contributed by atoms with Crippen molar-refractivity contribution in [1.82, 2.24) is 20.2 Å². The van der Waals surface area contributed by atoms with Gasteiger partial charge in [-0.2, -0.15) is 5.10 Å². The van der Waals surface area contributed by atoms with Crippen LogP contribution < -0.4 is 10.6 Å². The van der Waals surface area contributed by atoms with Crippen LogP contribution in [-0.4, -0.2) is 20.2 Å². The summed E-state index contributed by atoms with van der Waals surface area (Å²) in [6, 6.07) is 19.0. The van der Waals surface area contributed by atoms with Gasteiger partial charge in [0.25, 0.3) is 0 Å². The topological polar surface area (TPSA) is 57.4 Å². The normalized spacial score (nSPS) is 13.2. The zero-order valence-electron chi connectivity index (χ0n) is 23.4. The molecule has 0 aliphatic heterocycles. The number of aromatic amines is 2. The van der Waals surface area contributed by atoms with E-state index in [1.54, 1.807) is 18.5 Å². The van der Waals surface area contributed by atoms with Gasteiger partial charge in [-0.05, 0) is 78.8 Å². The zero-order chi connectivity index (χ0) is 28.8. The summed E-state index contributed by atoms with van der Waals surface area (Å²) < 4.78 is 13.9. The minimum Gasteiger partial charge on any atom is -0.352 e. The van der Waals surface area contributed by atoms with Crippen molar-refractivity contribution in [2.24, 2.45) is 0 Å². The van der Waals surface area contributed by atoms with Crippen molar-refractivity contribution in [3.63, 3.8) is 0 Å². The second-order valence-electron chi connectivity index (χ2n) is 9.98. The quantitative estimate of drug-likeness (QED) is 0.189. The fourth-order valence-electron chi connectivity index (χ4n) is 4.90. The van der Waals surface area contributed by atoms with Gasteiger partial charge in [0.15, 0.2) is 0 Å². The van der Waals surface area contributed by atoms with E-state index in [1.165, 1.54) is 23.3 Å². The van der Waals surface area contributed by atoms with E-state index in [9.17, 15) is 4.39 Å². The van der Waals surface area contributed by atoms with Crippen LogP contribution in [0.4, 0.5) is 4.39 Å². The van der Waals surface area contributed by atoms with Gasteiger partial charge in [-0.15, -0.1) is 0 Å². The van der Waals surface area contributed by atoms with Crippen LogP contribution in [0.5, 0.6) is 0 Å². The maximum Gasteiger partial charge on any atom is 0.123 e. The van der Waals surface area contributed by atoms with Gasteiger partial charge in [0.1, 0.15) is 11.5 Å². The van der Waals surface area contributed by atoms with Crippen molar-refractivity contribution in [2.75, 3.05) is 0 Å². The van der Waals surface area contributed by atoms with Crippen LogP contribution in [0.15, 0.2) is 121 Å². The Morgan fingerprint density at radius 1 is 1.05 bits per heavy atom. The lowest BCUT2D eigenvalue weighted by Gasteiger charge is -2.06. The predicted molar refractivity (Wildman–Crippen MR) is 169 cm³/mol. The highest BCUT2D eigenvalue weighted by atomic mass is 19.1. The first-order valence-electron chi connectivity index (χ1n) is 13.7. The highest BCUT2D eigenvalue weighted by Gasteiger charge is 2.12. The molecule has 0 unspecified atom stereocenters. The van der Waals surface area contributed by atoms with Gasteiger partial charge in [-0.25, -0.2) is 4.39 Å². The highest BCUT2D eigenvalue weighted by Crippen LogP contribution is 2.30. The summed E-state index contributed by atoms with van der Waals surface area (Å²) in [6.07, 6.45) is 15.8. The molecular formula is C36H33FN4. The fraction of sp³-hybridized carbons (Fsp3) is 0.111. The van der Waals surface area contributed by atoms with Gasteiger partial charge in [0.2, 0.25) is 0 Å². The molecule has 41 heavy (non-hydrogen) atoms. The third-order valence-corrected chi connectivity index (χ3v) is 7.25. The number of pyridine rings is 1. The van der Waals surface area contributed by atoms with E-state index in [-0.39, 0.29) is 5.82 Å². The molecule has 2 N–H and O–H groups in total. The average Bonchev–Trinajstić information content (AvgIpc) is 3.59. The second-order valence-corrected chi connectivity index (χ2v) is 9.98. The molecule has 5 rings (SSSR count). The Bertz CT molecular complexity index is 1900. The van der Waals surface area contributed by atoms with Gasteiger partial charge in [-0.1, -0.05) is 79.9 Å². The van der Waals surface area contributed by atoms with Gasteiger partial charge in [0, 0.05) is 22.4 Å². The molecule has 5 aromatic rings. The molecule has 5 heteroatoms. The van der Waals surface area contributed by atoms with Crippen molar-refractivity contribution in [3.05, 3.63) is 143 Å². The Labute approximate surface area is 239 Å². The molecule has 0 saturated heterocycles. The van der Waals surface area contributed by atoms with E-state index >= 15 is 0 Å². The number of benzene rings is 2. The van der Waals surface area contributed by atoms with Crippen molar-refractivity contribution < 1.29 is 4.39 Å². The van der Waals surface area contributed by atoms with Gasteiger partial charge >= 0.3 is 0 Å². The number of fused-ring (bicyclic) bond motifs is 1. The lowest BCUT2D eigenvalue weighted by Crippen LogP contribution is -2.21. The number of aromatic nitrogens is 4. The number of allylic oxidation sites excluding steroid dienone is 7. The number of hydrogen-bond donors (Lipinski definition) is 2. The van der Waals surface area contributed by atoms with Crippen molar-refractivity contribution in [2.45, 2.75) is 26.7 Å². The van der Waals surface area contributed by atoms with Gasteiger partial charge in [-0.3, -0.25) is 10.1 Å². The molecule has 0 aliphatic rings. The smallest absolute Gasteiger partial charge is 0.123 e. The third kappa shape index (κ3) is 6.25. The molecule has 4 nitrogen and oxygen atoms in total. The summed E-state index contributed by atoms with van der Waals surface area (Å²) >= 11 is 0. The number of nitrogens with zero attached hydrogens (tertiary/aromatic N) is 2. The van der Waals surface area contributed by atoms with Gasteiger partial charge < -0.3 is 4.98 Å². The highest BCUT2D eigenvalue weighted by molar-refractivity contribution is 5.97. The summed E-state index contributed by atoms with van der Waals surface area (Å²) in [5.41, 5.74) is 8.79. The van der Waals surface area contributed by atoms with Crippen molar-refractivity contribution >= 4 is 23.6 Å². The molecule has 3 heterocycles. The van der Waals surface area contributed by atoms with Crippen molar-refractivity contribution in [3.8, 4) is 22.5 Å². The number of nitrogens with one attached hydrogen (secondary N) is 2. The fourth-order valence-corrected chi connectivity index (χ4v) is 4.90. The molecule has 2 aromatic carbocycles. The van der Waals surface area contributed by atoms with E-state index in [4.69, 9.17) is 0 Å². The molecular weight excluding hydrogens is 507 g/mol. The minimum atomic E-state index is -0.282. The standard InChI is InChI=1S/C36H33FN4/c1-5-26(16-17-27-11-8-7-9-12-27)19-28(6-2)24(3)15-18-33-25(4)36(41-40-33)34-21-31-32(22-38-23-35(31)39-34)29-13-10-14-30(37)20-29/h5-15,18-23,39-40H,1,4,16-17H2,2-3H3/b24-15+,26-19+,28-6+,33-18+. The summed E-state index contributed by atoms with van der Waals surface area (Å²) in [7, 11) is 0. The Balaban J connectivity index is 1.40. The van der Waals surface area contributed by atoms with E-state index < -0.39 is 0 Å². The summed E-state index contributed by atoms with van der Waals surface area (Å²) in [5, 5.41) is 10.2. The van der Waals surface area contributed by atoms with Crippen LogP contribution in [0.3, 0.4) is 0 Å². The number of hydrogen-bond acceptors (Lipinski definition) is 2. The number of rotatable bonds is 9. The molecule has 0 aliphatic carbocycles. The Morgan fingerprint density at radius 3 is 2.63 bits per heavy atom. The van der Waals surface area contributed by atoms with Crippen LogP contribution in [0.2, 0.25) is 0 Å². The van der Waals surface area contributed by atoms with Crippen LogP contribution in [0.1, 0.15) is 25.8 Å². The Kier molecular flexibility index (Phi) is 8.35. The SMILES string of the molecule is C=C\C(=C/C(=C\C)C(/C)=C/C=c1/[nH]nc(-c2cc3c(-c4cccc(F)c4)cncc3[nH]2)c1=C)CCc1ccccc1. The summed E-state index contributed by atoms with van der Waals surface area (Å²) in [6.45, 7) is 12.5. The van der Waals surface area contributed by atoms with Gasteiger partial charge in [0.05, 0.1) is 22.8 Å². The molecule has 0 amide bonds. The van der Waals surface area contributed by atoms with Crippen LogP contribution in [-0.2, 0) is 6.42 Å². The van der Waals surface area contributed by atoms with E-state index in [1.807, 2.05) is 37.3 Å². The summed E-state index contributed by atoms with van der Waals surface area (Å²) in [5.74, 6) is -0.282. The largest absolute Gasteiger partial charge is 0.352 e. The first-order valence-corrected chi connectivity index (χ1v) is 13.7. The molecule has 0 bridgehead atoms. The maximum atomic E-state index is 13.9. The van der Waals surface area contributed by atoms with Crippen molar-refractivity contribution in [1.29, 1.82) is 0 Å². The molecule has 3 aromatic heterocycles. The molecule has 0 spiro atoms. The van der Waals surface area contributed by atoms with Crippen LogP contribution >= 0.6 is 0 Å². The van der Waals surface area contributed by atoms with Crippen LogP contribution in [0, 0.1) is 5.82 Å². The predicted octanol–water partition coefficient (Wildman–Crippen LogP) is 7.59. The lowest BCUT2D eigenvalue weighted by molar-refractivity contribution is 0.628. The lowest BCUT2D eigenvalue weighted by atomic mass is 9.99. The molecule has 0 atom stereocenters. The Morgan fingerprint density at radius 2 is 1.88 bits per heavy atom. The first-order chi connectivity index (χ1) is 20.0. The Hall–Kier alpha value is -5.03. The maximum absolute atomic E-state index is 13.9. The average molecular weight is 541 g/mol. The van der Waals surface area contributed by atoms with E-state index in [0.717, 1.165) is 68.0 Å². The zero-order valence-corrected chi connectivity index (χ0v) is 23.4. The molecule has 0 fully saturated rings. The first kappa shape index (κ1) is 27.5. The number of aryl methyl sites for hydroxylation is 1. The van der Waals surface area contributed by atoms with Crippen LogP contribution in [0.25, 0.3) is 46.1 Å². The minimum absolute atomic E-state index is 0.282. The third-order valence-electron chi connectivity index (χ3n) is 7.25. The molecule has 204 valence electrons.